The molecule has 0 unspecified atom stereocenters. The first-order valence-electron chi connectivity index (χ1n) is 4.33. The van der Waals surface area contributed by atoms with E-state index in [0.717, 1.165) is 25.9 Å². The molecule has 0 spiro atoms. The van der Waals surface area contributed by atoms with Crippen LogP contribution in [-0.4, -0.2) is 37.0 Å². The Labute approximate surface area is 87.0 Å². The van der Waals surface area contributed by atoms with Crippen LogP contribution in [0.3, 0.4) is 0 Å². The smallest absolute Gasteiger partial charge is 0.296 e. The lowest BCUT2D eigenvalue weighted by molar-refractivity contribution is -0.116. The molecule has 1 aliphatic heterocycles. The summed E-state index contributed by atoms with van der Waals surface area (Å²) < 4.78 is 0. The van der Waals surface area contributed by atoms with E-state index in [9.17, 15) is 4.79 Å². The number of hydrogen-bond acceptors (Lipinski definition) is 2. The Bertz CT molecular complexity index is 236. The van der Waals surface area contributed by atoms with Gasteiger partial charge in [-0.2, -0.15) is 0 Å². The van der Waals surface area contributed by atoms with Gasteiger partial charge in [-0.05, 0) is 37.8 Å². The zero-order valence-corrected chi connectivity index (χ0v) is 9.23. The number of carbonyl (C=O) groups excluding carboxylic acids is 1. The first-order valence-corrected chi connectivity index (χ1v) is 5.12. The molecule has 1 saturated heterocycles. The number of nitrogens with zero attached hydrogens (tertiary/aromatic N) is 1. The van der Waals surface area contributed by atoms with Crippen LogP contribution >= 0.6 is 15.9 Å². The Morgan fingerprint density at radius 1 is 1.54 bits per heavy atom. The minimum Gasteiger partial charge on any atom is -0.342 e. The molecule has 1 aliphatic rings. The third-order valence-electron chi connectivity index (χ3n) is 2.21. The number of likely N-dealkylation sites (tertiary alicyclic amines) is 1. The van der Waals surface area contributed by atoms with Gasteiger partial charge in [0.25, 0.3) is 5.91 Å². The van der Waals surface area contributed by atoms with Crippen molar-refractivity contribution in [2.75, 3.05) is 20.1 Å². The third-order valence-corrected chi connectivity index (χ3v) is 2.41. The summed E-state index contributed by atoms with van der Waals surface area (Å²) in [6.45, 7) is 2.10. The molecule has 3 nitrogen and oxygen atoms in total. The summed E-state index contributed by atoms with van der Waals surface area (Å²) in [6, 6.07) is 0.303. The molecule has 4 heteroatoms. The van der Waals surface area contributed by atoms with Gasteiger partial charge in [-0.25, -0.2) is 0 Å². The van der Waals surface area contributed by atoms with E-state index in [4.69, 9.17) is 0 Å². The van der Waals surface area contributed by atoms with Crippen LogP contribution in [-0.2, 0) is 4.79 Å². The van der Waals surface area contributed by atoms with Crippen molar-refractivity contribution in [3.05, 3.63) is 0 Å². The molecular formula is C9H13BrN2O. The Kier molecular flexibility index (Phi) is 4.26. The maximum Gasteiger partial charge on any atom is 0.296 e. The van der Waals surface area contributed by atoms with Crippen LogP contribution in [0.1, 0.15) is 12.8 Å². The molecule has 0 radical (unpaired) electrons. The molecule has 1 heterocycles. The van der Waals surface area contributed by atoms with Crippen molar-refractivity contribution >= 4 is 21.8 Å². The highest BCUT2D eigenvalue weighted by Crippen LogP contribution is 2.07. The monoisotopic (exact) mass is 244 g/mol. The minimum atomic E-state index is -0.188. The number of amides is 1. The van der Waals surface area contributed by atoms with Crippen molar-refractivity contribution in [3.8, 4) is 10.8 Å². The lowest BCUT2D eigenvalue weighted by atomic mass is 10.1. The van der Waals surface area contributed by atoms with Crippen LogP contribution in [0.4, 0.5) is 0 Å². The van der Waals surface area contributed by atoms with Gasteiger partial charge in [-0.3, -0.25) is 4.79 Å². The van der Waals surface area contributed by atoms with Gasteiger partial charge in [0.1, 0.15) is 0 Å². The molecule has 0 bridgehead atoms. The normalized spacial score (nSPS) is 18.9. The average molecular weight is 245 g/mol. The van der Waals surface area contributed by atoms with E-state index in [-0.39, 0.29) is 5.91 Å². The second-order valence-electron chi connectivity index (χ2n) is 3.27. The quantitative estimate of drug-likeness (QED) is 0.684. The van der Waals surface area contributed by atoms with Crippen LogP contribution in [0.2, 0.25) is 0 Å². The highest BCUT2D eigenvalue weighted by molar-refractivity contribution is 9.12. The van der Waals surface area contributed by atoms with E-state index in [1.54, 1.807) is 0 Å². The maximum atomic E-state index is 11.1. The summed E-state index contributed by atoms with van der Waals surface area (Å²) in [5, 5.41) is 2.87. The van der Waals surface area contributed by atoms with Gasteiger partial charge in [0.15, 0.2) is 0 Å². The molecular weight excluding hydrogens is 232 g/mol. The van der Waals surface area contributed by atoms with Gasteiger partial charge < -0.3 is 10.2 Å². The number of nitrogens with one attached hydrogen (secondary N) is 1. The van der Waals surface area contributed by atoms with Crippen LogP contribution in [0.15, 0.2) is 0 Å². The highest BCUT2D eigenvalue weighted by atomic mass is 79.9. The van der Waals surface area contributed by atoms with Gasteiger partial charge >= 0.3 is 0 Å². The van der Waals surface area contributed by atoms with Crippen LogP contribution in [0.25, 0.3) is 0 Å². The van der Waals surface area contributed by atoms with E-state index < -0.39 is 0 Å². The zero-order valence-electron chi connectivity index (χ0n) is 7.64. The summed E-state index contributed by atoms with van der Waals surface area (Å²) in [5.41, 5.74) is 0. The van der Waals surface area contributed by atoms with E-state index in [0.29, 0.717) is 6.04 Å². The fraction of sp³-hybridized carbons (Fsp3) is 0.667. The van der Waals surface area contributed by atoms with Gasteiger partial charge in [0.05, 0.1) is 0 Å². The largest absolute Gasteiger partial charge is 0.342 e. The molecule has 0 atom stereocenters. The van der Waals surface area contributed by atoms with Crippen molar-refractivity contribution in [2.24, 2.45) is 0 Å². The van der Waals surface area contributed by atoms with Crippen LogP contribution < -0.4 is 5.32 Å². The summed E-state index contributed by atoms with van der Waals surface area (Å²) in [6.07, 6.45) is 2.04. The number of carbonyl (C=O) groups is 1. The predicted octanol–water partition coefficient (Wildman–Crippen LogP) is 0.553. The van der Waals surface area contributed by atoms with Gasteiger partial charge in [-0.1, -0.05) is 0 Å². The molecule has 0 aromatic rings. The third kappa shape index (κ3) is 3.79. The van der Waals surface area contributed by atoms with E-state index >= 15 is 0 Å². The van der Waals surface area contributed by atoms with Crippen molar-refractivity contribution in [2.45, 2.75) is 18.9 Å². The molecule has 1 amide bonds. The second-order valence-corrected chi connectivity index (χ2v) is 3.67. The first-order chi connectivity index (χ1) is 6.22. The number of hydrogen-bond donors (Lipinski definition) is 1. The molecule has 13 heavy (non-hydrogen) atoms. The minimum absolute atomic E-state index is 0.188. The molecule has 1 fully saturated rings. The summed E-state index contributed by atoms with van der Waals surface area (Å²) in [5.74, 6) is 2.22. The predicted molar refractivity (Wildman–Crippen MR) is 55.4 cm³/mol. The summed E-state index contributed by atoms with van der Waals surface area (Å²) in [7, 11) is 2.09. The Hall–Kier alpha value is -0.530. The molecule has 0 aliphatic carbocycles. The number of piperidine rings is 1. The SMILES string of the molecule is CN1CCC(NC(=O)C#CBr)CC1. The Morgan fingerprint density at radius 3 is 2.69 bits per heavy atom. The average Bonchev–Trinajstić information content (AvgIpc) is 2.09. The second kappa shape index (κ2) is 5.25. The zero-order chi connectivity index (χ0) is 9.68. The molecule has 72 valence electrons. The fourth-order valence-corrected chi connectivity index (χ4v) is 1.60. The Balaban J connectivity index is 2.29. The molecule has 1 N–H and O–H groups in total. The molecule has 0 aromatic carbocycles. The number of halogens is 1. The molecule has 1 rings (SSSR count). The number of rotatable bonds is 1. The summed E-state index contributed by atoms with van der Waals surface area (Å²) in [4.78, 5) is 15.7. The molecule has 0 aromatic heterocycles. The van der Waals surface area contributed by atoms with Crippen molar-refractivity contribution < 1.29 is 4.79 Å². The van der Waals surface area contributed by atoms with Gasteiger partial charge in [0.2, 0.25) is 0 Å². The van der Waals surface area contributed by atoms with Crippen LogP contribution in [0.5, 0.6) is 0 Å². The molecule has 0 saturated carbocycles. The standard InChI is InChI=1S/C9H13BrN2O/c1-12-6-3-8(4-7-12)11-9(13)2-5-10/h8H,3-4,6-7H2,1H3,(H,11,13). The summed E-state index contributed by atoms with van der Waals surface area (Å²) >= 11 is 2.89. The van der Waals surface area contributed by atoms with Crippen molar-refractivity contribution in [3.63, 3.8) is 0 Å². The topological polar surface area (TPSA) is 32.3 Å². The highest BCUT2D eigenvalue weighted by Gasteiger charge is 2.17. The Morgan fingerprint density at radius 2 is 2.15 bits per heavy atom. The first kappa shape index (κ1) is 10.6. The lowest BCUT2D eigenvalue weighted by Gasteiger charge is -2.28. The van der Waals surface area contributed by atoms with Gasteiger partial charge in [-0.15, -0.1) is 0 Å². The van der Waals surface area contributed by atoms with E-state index in [2.05, 4.69) is 43.9 Å². The van der Waals surface area contributed by atoms with E-state index in [1.807, 2.05) is 0 Å². The maximum absolute atomic E-state index is 11.1. The van der Waals surface area contributed by atoms with Crippen LogP contribution in [0, 0.1) is 10.8 Å². The van der Waals surface area contributed by atoms with Crippen molar-refractivity contribution in [1.82, 2.24) is 10.2 Å². The van der Waals surface area contributed by atoms with Crippen molar-refractivity contribution in [1.29, 1.82) is 0 Å². The lowest BCUT2D eigenvalue weighted by Crippen LogP contribution is -2.42. The van der Waals surface area contributed by atoms with E-state index in [1.165, 1.54) is 0 Å². The fourth-order valence-electron chi connectivity index (χ4n) is 1.42. The van der Waals surface area contributed by atoms with Gasteiger partial charge in [0, 0.05) is 27.9 Å².